The fraction of sp³-hybridized carbons (Fsp3) is 0.150. The first-order valence-electron chi connectivity index (χ1n) is 8.18. The SMILES string of the molecule is CC(=O)Nc1ccc(CC(=O)OCc2cc(=O)oc3cc(O)ccc23)cc1. The highest BCUT2D eigenvalue weighted by atomic mass is 16.5. The van der Waals surface area contributed by atoms with Gasteiger partial charge in [-0.3, -0.25) is 9.59 Å². The van der Waals surface area contributed by atoms with Crippen LogP contribution < -0.4 is 10.9 Å². The van der Waals surface area contributed by atoms with E-state index in [1.807, 2.05) is 0 Å². The molecule has 0 saturated heterocycles. The molecule has 138 valence electrons. The van der Waals surface area contributed by atoms with Gasteiger partial charge in [0.2, 0.25) is 5.91 Å². The van der Waals surface area contributed by atoms with Gasteiger partial charge in [-0.15, -0.1) is 0 Å². The first-order chi connectivity index (χ1) is 12.9. The van der Waals surface area contributed by atoms with E-state index in [2.05, 4.69) is 5.32 Å². The summed E-state index contributed by atoms with van der Waals surface area (Å²) in [6.07, 6.45) is 0.0561. The lowest BCUT2D eigenvalue weighted by molar-refractivity contribution is -0.144. The smallest absolute Gasteiger partial charge is 0.336 e. The molecule has 2 aromatic carbocycles. The maximum atomic E-state index is 12.1. The molecule has 0 aliphatic heterocycles. The predicted octanol–water partition coefficient (Wildman–Crippen LogP) is 2.74. The molecule has 0 fully saturated rings. The zero-order chi connectivity index (χ0) is 19.4. The molecule has 0 aliphatic rings. The number of phenolic OH excluding ortho intramolecular Hbond substituents is 1. The highest BCUT2D eigenvalue weighted by molar-refractivity contribution is 5.88. The number of aromatic hydroxyl groups is 1. The number of amides is 1. The number of nitrogens with one attached hydrogen (secondary N) is 1. The third-order valence-corrected chi connectivity index (χ3v) is 3.83. The molecular weight excluding hydrogens is 350 g/mol. The summed E-state index contributed by atoms with van der Waals surface area (Å²) in [4.78, 5) is 34.7. The van der Waals surface area contributed by atoms with Crippen LogP contribution in [0.25, 0.3) is 11.0 Å². The van der Waals surface area contributed by atoms with Gasteiger partial charge in [0.05, 0.1) is 6.42 Å². The van der Waals surface area contributed by atoms with E-state index < -0.39 is 11.6 Å². The van der Waals surface area contributed by atoms with Crippen LogP contribution in [0.4, 0.5) is 5.69 Å². The lowest BCUT2D eigenvalue weighted by Crippen LogP contribution is -2.10. The third-order valence-electron chi connectivity index (χ3n) is 3.83. The molecule has 0 aliphatic carbocycles. The maximum absolute atomic E-state index is 12.1. The normalized spacial score (nSPS) is 10.6. The molecule has 0 radical (unpaired) electrons. The van der Waals surface area contributed by atoms with Crippen molar-refractivity contribution in [3.05, 3.63) is 70.1 Å². The molecule has 1 heterocycles. The van der Waals surface area contributed by atoms with Gasteiger partial charge < -0.3 is 19.6 Å². The number of fused-ring (bicyclic) bond motifs is 1. The van der Waals surface area contributed by atoms with Gasteiger partial charge in [0.15, 0.2) is 0 Å². The first-order valence-corrected chi connectivity index (χ1v) is 8.18. The van der Waals surface area contributed by atoms with Crippen molar-refractivity contribution in [1.29, 1.82) is 0 Å². The van der Waals surface area contributed by atoms with Crippen molar-refractivity contribution in [1.82, 2.24) is 0 Å². The molecular formula is C20H17NO6. The minimum absolute atomic E-state index is 0.0255. The van der Waals surface area contributed by atoms with E-state index in [4.69, 9.17) is 9.15 Å². The van der Waals surface area contributed by atoms with Crippen LogP contribution in [0.5, 0.6) is 5.75 Å². The summed E-state index contributed by atoms with van der Waals surface area (Å²) in [5.41, 5.74) is 1.51. The summed E-state index contributed by atoms with van der Waals surface area (Å²) in [7, 11) is 0. The van der Waals surface area contributed by atoms with Crippen molar-refractivity contribution in [2.24, 2.45) is 0 Å². The molecule has 3 aromatic rings. The molecule has 0 atom stereocenters. The lowest BCUT2D eigenvalue weighted by Gasteiger charge is -2.08. The monoisotopic (exact) mass is 367 g/mol. The van der Waals surface area contributed by atoms with Crippen LogP contribution in [-0.4, -0.2) is 17.0 Å². The molecule has 0 bridgehead atoms. The molecule has 27 heavy (non-hydrogen) atoms. The van der Waals surface area contributed by atoms with Crippen LogP contribution in [0.1, 0.15) is 18.1 Å². The van der Waals surface area contributed by atoms with Gasteiger partial charge in [0, 0.05) is 35.7 Å². The topological polar surface area (TPSA) is 106 Å². The largest absolute Gasteiger partial charge is 0.508 e. The maximum Gasteiger partial charge on any atom is 0.336 e. The highest BCUT2D eigenvalue weighted by Gasteiger charge is 2.10. The van der Waals surface area contributed by atoms with E-state index in [1.54, 1.807) is 30.3 Å². The molecule has 0 unspecified atom stereocenters. The Morgan fingerprint density at radius 2 is 1.85 bits per heavy atom. The number of rotatable bonds is 5. The van der Waals surface area contributed by atoms with Gasteiger partial charge >= 0.3 is 11.6 Å². The number of anilines is 1. The second-order valence-electron chi connectivity index (χ2n) is 5.99. The Labute approximate surface area is 154 Å². The molecule has 3 rings (SSSR count). The Kier molecular flexibility index (Phi) is 5.21. The van der Waals surface area contributed by atoms with Gasteiger partial charge in [0.1, 0.15) is 17.9 Å². The molecule has 0 spiro atoms. The lowest BCUT2D eigenvalue weighted by atomic mass is 10.1. The second kappa shape index (κ2) is 7.74. The number of phenols is 1. The molecule has 7 heteroatoms. The van der Waals surface area contributed by atoms with E-state index in [0.717, 1.165) is 5.56 Å². The Morgan fingerprint density at radius 3 is 2.56 bits per heavy atom. The summed E-state index contributed by atoms with van der Waals surface area (Å²) in [6.45, 7) is 1.33. The van der Waals surface area contributed by atoms with Crippen LogP contribution in [0.15, 0.2) is 57.7 Å². The van der Waals surface area contributed by atoms with Crippen LogP contribution in [0.3, 0.4) is 0 Å². The van der Waals surface area contributed by atoms with Gasteiger partial charge in [-0.05, 0) is 29.8 Å². The molecule has 1 amide bonds. The van der Waals surface area contributed by atoms with E-state index >= 15 is 0 Å². The van der Waals surface area contributed by atoms with Crippen LogP contribution in [-0.2, 0) is 27.4 Å². The third kappa shape index (κ3) is 4.72. The van der Waals surface area contributed by atoms with Crippen LogP contribution in [0.2, 0.25) is 0 Å². The zero-order valence-electron chi connectivity index (χ0n) is 14.5. The van der Waals surface area contributed by atoms with Gasteiger partial charge in [-0.1, -0.05) is 12.1 Å². The molecule has 7 nitrogen and oxygen atoms in total. The van der Waals surface area contributed by atoms with E-state index in [-0.39, 0.29) is 30.3 Å². The Hall–Kier alpha value is -3.61. The van der Waals surface area contributed by atoms with E-state index in [9.17, 15) is 19.5 Å². The number of carbonyl (C=O) groups excluding carboxylic acids is 2. The van der Waals surface area contributed by atoms with E-state index in [1.165, 1.54) is 25.1 Å². The minimum Gasteiger partial charge on any atom is -0.508 e. The predicted molar refractivity (Wildman–Crippen MR) is 98.4 cm³/mol. The first kappa shape index (κ1) is 18.2. The Bertz CT molecular complexity index is 1050. The number of ether oxygens (including phenoxy) is 1. The zero-order valence-corrected chi connectivity index (χ0v) is 14.5. The van der Waals surface area contributed by atoms with Crippen molar-refractivity contribution < 1.29 is 23.8 Å². The van der Waals surface area contributed by atoms with Gasteiger partial charge in [-0.25, -0.2) is 4.79 Å². The fourth-order valence-corrected chi connectivity index (χ4v) is 2.62. The number of hydrogen-bond donors (Lipinski definition) is 2. The fourth-order valence-electron chi connectivity index (χ4n) is 2.62. The van der Waals surface area contributed by atoms with Crippen molar-refractivity contribution in [2.75, 3.05) is 5.32 Å². The molecule has 2 N–H and O–H groups in total. The van der Waals surface area contributed by atoms with Crippen LogP contribution >= 0.6 is 0 Å². The average molecular weight is 367 g/mol. The Balaban J connectivity index is 1.66. The van der Waals surface area contributed by atoms with Crippen molar-refractivity contribution in [3.63, 3.8) is 0 Å². The highest BCUT2D eigenvalue weighted by Crippen LogP contribution is 2.22. The van der Waals surface area contributed by atoms with Gasteiger partial charge in [0.25, 0.3) is 0 Å². The summed E-state index contributed by atoms with van der Waals surface area (Å²) in [6, 6.07) is 12.5. The quantitative estimate of drug-likeness (QED) is 0.531. The van der Waals surface area contributed by atoms with Crippen molar-refractivity contribution in [2.45, 2.75) is 20.0 Å². The number of hydrogen-bond acceptors (Lipinski definition) is 6. The van der Waals surface area contributed by atoms with Gasteiger partial charge in [-0.2, -0.15) is 0 Å². The minimum atomic E-state index is -0.590. The summed E-state index contributed by atoms with van der Waals surface area (Å²) >= 11 is 0. The number of esters is 1. The Morgan fingerprint density at radius 1 is 1.11 bits per heavy atom. The van der Waals surface area contributed by atoms with Crippen molar-refractivity contribution in [3.8, 4) is 5.75 Å². The average Bonchev–Trinajstić information content (AvgIpc) is 2.60. The molecule has 1 aromatic heterocycles. The second-order valence-corrected chi connectivity index (χ2v) is 5.99. The van der Waals surface area contributed by atoms with Crippen molar-refractivity contribution >= 4 is 28.5 Å². The van der Waals surface area contributed by atoms with E-state index in [0.29, 0.717) is 16.6 Å². The van der Waals surface area contributed by atoms with Crippen LogP contribution in [0, 0.1) is 0 Å². The molecule has 0 saturated carbocycles. The number of carbonyl (C=O) groups is 2. The summed E-state index contributed by atoms with van der Waals surface area (Å²) in [5, 5.41) is 12.7. The summed E-state index contributed by atoms with van der Waals surface area (Å²) < 4.78 is 10.3. The standard InChI is InChI=1S/C20H17NO6/c1-12(22)21-15-4-2-13(3-5-15)8-19(24)26-11-14-9-20(25)27-18-10-16(23)6-7-17(14)18/h2-7,9-10,23H,8,11H2,1H3,(H,21,22). The summed E-state index contributed by atoms with van der Waals surface area (Å²) in [5.74, 6) is -0.653. The number of benzene rings is 2.